The van der Waals surface area contributed by atoms with E-state index in [4.69, 9.17) is 0 Å². The first-order valence-electron chi connectivity index (χ1n) is 6.96. The molecular weight excluding hydrogens is 390 g/mol. The van der Waals surface area contributed by atoms with E-state index in [2.05, 4.69) is 20.9 Å². The second-order valence-electron chi connectivity index (χ2n) is 5.00. The summed E-state index contributed by atoms with van der Waals surface area (Å²) in [5, 5.41) is 0. The molecule has 2 aromatic heterocycles. The highest BCUT2D eigenvalue weighted by Gasteiger charge is 2.22. The topological polar surface area (TPSA) is 30.0 Å². The average molecular weight is 400 g/mol. The van der Waals surface area contributed by atoms with Gasteiger partial charge in [-0.3, -0.25) is 4.79 Å². The number of thiophene rings is 1. The molecule has 2 heterocycles. The summed E-state index contributed by atoms with van der Waals surface area (Å²) in [6, 6.07) is 17.5. The molecule has 112 valence electrons. The molecule has 2 aromatic carbocycles. The third-order valence-corrected chi connectivity index (χ3v) is 6.23. The van der Waals surface area contributed by atoms with Crippen molar-refractivity contribution in [2.45, 2.75) is 0 Å². The molecule has 0 fully saturated rings. The third kappa shape index (κ3) is 2.65. The van der Waals surface area contributed by atoms with E-state index in [1.54, 1.807) is 11.3 Å². The molecule has 0 saturated carbocycles. The van der Waals surface area contributed by atoms with Gasteiger partial charge in [0.2, 0.25) is 5.78 Å². The van der Waals surface area contributed by atoms with Gasteiger partial charge in [-0.25, -0.2) is 4.98 Å². The van der Waals surface area contributed by atoms with Crippen molar-refractivity contribution >= 4 is 53.9 Å². The monoisotopic (exact) mass is 399 g/mol. The molecule has 4 rings (SSSR count). The number of thiazole rings is 1. The molecule has 0 N–H and O–H groups in total. The Morgan fingerprint density at radius 3 is 2.48 bits per heavy atom. The first kappa shape index (κ1) is 14.8. The number of hydrogen-bond donors (Lipinski definition) is 0. The molecule has 0 amide bonds. The van der Waals surface area contributed by atoms with Crippen molar-refractivity contribution in [1.82, 2.24) is 4.98 Å². The van der Waals surface area contributed by atoms with Crippen molar-refractivity contribution in [2.75, 3.05) is 0 Å². The van der Waals surface area contributed by atoms with Crippen LogP contribution in [0.1, 0.15) is 15.2 Å². The van der Waals surface area contributed by atoms with Gasteiger partial charge in [0.05, 0.1) is 10.4 Å². The Hall–Kier alpha value is -1.82. The Morgan fingerprint density at radius 1 is 1.00 bits per heavy atom. The van der Waals surface area contributed by atoms with E-state index in [1.165, 1.54) is 11.3 Å². The lowest BCUT2D eigenvalue weighted by Gasteiger charge is -2.04. The van der Waals surface area contributed by atoms with Gasteiger partial charge in [0.15, 0.2) is 0 Å². The summed E-state index contributed by atoms with van der Waals surface area (Å²) in [6.07, 6.45) is 0. The van der Waals surface area contributed by atoms with Crippen LogP contribution in [0.5, 0.6) is 0 Å². The number of aromatic nitrogens is 1. The largest absolute Gasteiger partial charge is 0.288 e. The van der Waals surface area contributed by atoms with Crippen molar-refractivity contribution in [3.63, 3.8) is 0 Å². The predicted molar refractivity (Wildman–Crippen MR) is 101 cm³/mol. The van der Waals surface area contributed by atoms with Crippen LogP contribution in [-0.4, -0.2) is 10.8 Å². The summed E-state index contributed by atoms with van der Waals surface area (Å²) in [7, 11) is 0. The zero-order valence-corrected chi connectivity index (χ0v) is 15.0. The molecule has 0 bridgehead atoms. The molecule has 0 unspecified atom stereocenters. The number of rotatable bonds is 3. The summed E-state index contributed by atoms with van der Waals surface area (Å²) in [4.78, 5) is 18.2. The Morgan fingerprint density at radius 2 is 1.74 bits per heavy atom. The molecule has 2 nitrogen and oxygen atoms in total. The summed E-state index contributed by atoms with van der Waals surface area (Å²) in [6.45, 7) is 0. The van der Waals surface area contributed by atoms with Crippen LogP contribution in [0.25, 0.3) is 20.7 Å². The molecule has 0 atom stereocenters. The van der Waals surface area contributed by atoms with Crippen LogP contribution >= 0.6 is 38.6 Å². The Bertz CT molecular complexity index is 987. The fraction of sp³-hybridized carbons (Fsp3) is 0. The maximum absolute atomic E-state index is 13.0. The summed E-state index contributed by atoms with van der Waals surface area (Å²) >= 11 is 6.51. The SMILES string of the molecule is O=C(c1ccc(Br)cc1)c1sc2scnc2c1-c1ccccc1. The van der Waals surface area contributed by atoms with Gasteiger partial charge < -0.3 is 0 Å². The lowest BCUT2D eigenvalue weighted by atomic mass is 10.0. The van der Waals surface area contributed by atoms with E-state index >= 15 is 0 Å². The molecule has 4 aromatic rings. The Balaban J connectivity index is 1.91. The number of hydrogen-bond acceptors (Lipinski definition) is 4. The average Bonchev–Trinajstić information content (AvgIpc) is 3.16. The number of ketones is 1. The fourth-order valence-electron chi connectivity index (χ4n) is 2.49. The highest BCUT2D eigenvalue weighted by Crippen LogP contribution is 2.41. The zero-order valence-electron chi connectivity index (χ0n) is 11.8. The van der Waals surface area contributed by atoms with Crippen LogP contribution < -0.4 is 0 Å². The van der Waals surface area contributed by atoms with Crippen LogP contribution in [-0.2, 0) is 0 Å². The number of halogens is 1. The van der Waals surface area contributed by atoms with Crippen molar-refractivity contribution in [3.05, 3.63) is 75.0 Å². The molecule has 0 aliphatic carbocycles. The van der Waals surface area contributed by atoms with E-state index in [9.17, 15) is 4.79 Å². The number of carbonyl (C=O) groups excluding carboxylic acids is 1. The van der Waals surface area contributed by atoms with E-state index in [0.29, 0.717) is 5.56 Å². The van der Waals surface area contributed by atoms with Crippen molar-refractivity contribution in [2.24, 2.45) is 0 Å². The van der Waals surface area contributed by atoms with Crippen molar-refractivity contribution in [1.29, 1.82) is 0 Å². The van der Waals surface area contributed by atoms with Gasteiger partial charge in [-0.15, -0.1) is 22.7 Å². The highest BCUT2D eigenvalue weighted by molar-refractivity contribution is 9.10. The van der Waals surface area contributed by atoms with E-state index in [0.717, 1.165) is 30.0 Å². The van der Waals surface area contributed by atoms with Crippen LogP contribution in [0.15, 0.2) is 64.6 Å². The van der Waals surface area contributed by atoms with Crippen molar-refractivity contribution < 1.29 is 4.79 Å². The minimum atomic E-state index is 0.0477. The smallest absolute Gasteiger partial charge is 0.203 e. The zero-order chi connectivity index (χ0) is 15.8. The molecule has 0 aliphatic heterocycles. The Labute approximate surface area is 149 Å². The summed E-state index contributed by atoms with van der Waals surface area (Å²) in [5.41, 5.74) is 5.43. The van der Waals surface area contributed by atoms with Gasteiger partial charge in [0.1, 0.15) is 9.53 Å². The molecule has 0 aliphatic rings. The molecule has 23 heavy (non-hydrogen) atoms. The first-order valence-corrected chi connectivity index (χ1v) is 9.44. The molecule has 5 heteroatoms. The first-order chi connectivity index (χ1) is 11.2. The molecule has 0 saturated heterocycles. The number of benzene rings is 2. The molecular formula is C18H10BrNOS2. The van der Waals surface area contributed by atoms with Gasteiger partial charge in [0.25, 0.3) is 0 Å². The lowest BCUT2D eigenvalue weighted by molar-refractivity contribution is 0.104. The van der Waals surface area contributed by atoms with Crippen LogP contribution in [0.2, 0.25) is 0 Å². The second-order valence-corrected chi connectivity index (χ2v) is 8.05. The molecule has 0 radical (unpaired) electrons. The number of nitrogens with zero attached hydrogens (tertiary/aromatic N) is 1. The minimum absolute atomic E-state index is 0.0477. The minimum Gasteiger partial charge on any atom is -0.288 e. The normalized spacial score (nSPS) is 11.0. The van der Waals surface area contributed by atoms with Gasteiger partial charge in [-0.2, -0.15) is 0 Å². The predicted octanol–water partition coefficient (Wildman–Crippen LogP) is 6.02. The van der Waals surface area contributed by atoms with Gasteiger partial charge in [-0.05, 0) is 29.8 Å². The van der Waals surface area contributed by atoms with Crippen molar-refractivity contribution in [3.8, 4) is 11.1 Å². The van der Waals surface area contributed by atoms with Crippen LogP contribution in [0.3, 0.4) is 0 Å². The number of fused-ring (bicyclic) bond motifs is 1. The fourth-order valence-corrected chi connectivity index (χ4v) is 4.81. The molecule has 0 spiro atoms. The number of carbonyl (C=O) groups is 1. The van der Waals surface area contributed by atoms with E-state index < -0.39 is 0 Å². The maximum atomic E-state index is 13.0. The quantitative estimate of drug-likeness (QED) is 0.394. The third-order valence-electron chi connectivity index (χ3n) is 3.57. The van der Waals surface area contributed by atoms with E-state index in [1.807, 2.05) is 60.1 Å². The second kappa shape index (κ2) is 6.00. The van der Waals surface area contributed by atoms with Crippen LogP contribution in [0.4, 0.5) is 0 Å². The Kier molecular flexibility index (Phi) is 3.85. The maximum Gasteiger partial charge on any atom is 0.203 e. The van der Waals surface area contributed by atoms with Crippen LogP contribution in [0, 0.1) is 0 Å². The lowest BCUT2D eigenvalue weighted by Crippen LogP contribution is -2.00. The summed E-state index contributed by atoms with van der Waals surface area (Å²) in [5.74, 6) is 0.0477. The van der Waals surface area contributed by atoms with Gasteiger partial charge in [0, 0.05) is 15.6 Å². The van der Waals surface area contributed by atoms with E-state index in [-0.39, 0.29) is 5.78 Å². The highest BCUT2D eigenvalue weighted by atomic mass is 79.9. The van der Waals surface area contributed by atoms with Gasteiger partial charge in [-0.1, -0.05) is 46.3 Å². The summed E-state index contributed by atoms with van der Waals surface area (Å²) < 4.78 is 2.05. The van der Waals surface area contributed by atoms with Gasteiger partial charge >= 0.3 is 0 Å². The standard InChI is InChI=1S/C18H10BrNOS2/c19-13-8-6-12(7-9-13)16(21)17-14(11-4-2-1-3-5-11)15-18(23-17)22-10-20-15/h1-10H.